The van der Waals surface area contributed by atoms with Crippen molar-refractivity contribution in [2.75, 3.05) is 0 Å². The predicted octanol–water partition coefficient (Wildman–Crippen LogP) is 3.42. The Bertz CT molecular complexity index is 783. The Morgan fingerprint density at radius 2 is 1.91 bits per heavy atom. The Kier molecular flexibility index (Phi) is 5.83. The zero-order valence-electron chi connectivity index (χ0n) is 11.9. The van der Waals surface area contributed by atoms with E-state index in [0.717, 1.165) is 11.8 Å². The molecule has 0 saturated heterocycles. The molecule has 0 fully saturated rings. The van der Waals surface area contributed by atoms with Gasteiger partial charge in [-0.15, -0.1) is 5.10 Å². The minimum atomic E-state index is -1.20. The third kappa shape index (κ3) is 4.63. The predicted molar refractivity (Wildman–Crippen MR) is 88.0 cm³/mol. The monoisotopic (exact) mass is 330 g/mol. The SMILES string of the molecule is N#Cc1ccc(C=NN=C(N)SCc2ccccc2)c(F)c1F. The summed E-state index contributed by atoms with van der Waals surface area (Å²) in [7, 11) is 0. The number of rotatable bonds is 4. The number of thioether (sulfide) groups is 1. The molecule has 0 unspecified atom stereocenters. The molecule has 2 aromatic carbocycles. The van der Waals surface area contributed by atoms with Gasteiger partial charge < -0.3 is 5.73 Å². The Morgan fingerprint density at radius 3 is 2.61 bits per heavy atom. The minimum Gasteiger partial charge on any atom is -0.377 e. The standard InChI is InChI=1S/C16H12F2N4S/c17-14-12(8-19)6-7-13(15(14)18)9-21-22-16(20)23-10-11-4-2-1-3-5-11/h1-7,9H,10H2,(H2,20,22). The van der Waals surface area contributed by atoms with Crippen molar-refractivity contribution in [2.45, 2.75) is 5.75 Å². The van der Waals surface area contributed by atoms with E-state index in [2.05, 4.69) is 10.2 Å². The number of halogens is 2. The van der Waals surface area contributed by atoms with E-state index in [-0.39, 0.29) is 16.3 Å². The fourth-order valence-electron chi connectivity index (χ4n) is 1.66. The van der Waals surface area contributed by atoms with Gasteiger partial charge in [-0.2, -0.15) is 10.4 Å². The summed E-state index contributed by atoms with van der Waals surface area (Å²) in [6, 6.07) is 13.7. The van der Waals surface area contributed by atoms with Crippen molar-refractivity contribution >= 4 is 23.1 Å². The maximum Gasteiger partial charge on any atom is 0.180 e. The lowest BCUT2D eigenvalue weighted by Gasteiger charge is -2.00. The van der Waals surface area contributed by atoms with Crippen LogP contribution in [0.2, 0.25) is 0 Å². The van der Waals surface area contributed by atoms with Gasteiger partial charge in [-0.25, -0.2) is 8.78 Å². The number of nitrogens with zero attached hydrogens (tertiary/aromatic N) is 3. The molecule has 7 heteroatoms. The molecule has 0 bridgehead atoms. The van der Waals surface area contributed by atoms with Gasteiger partial charge in [-0.1, -0.05) is 42.1 Å². The highest BCUT2D eigenvalue weighted by molar-refractivity contribution is 8.13. The average Bonchev–Trinajstić information content (AvgIpc) is 2.58. The van der Waals surface area contributed by atoms with Crippen molar-refractivity contribution in [1.29, 1.82) is 5.26 Å². The van der Waals surface area contributed by atoms with Gasteiger partial charge in [0.15, 0.2) is 16.8 Å². The molecule has 2 aromatic rings. The summed E-state index contributed by atoms with van der Waals surface area (Å²) in [5, 5.41) is 16.2. The number of amidine groups is 1. The Balaban J connectivity index is 2.00. The number of hydrogen-bond acceptors (Lipinski definition) is 4. The van der Waals surface area contributed by atoms with Gasteiger partial charge in [0.05, 0.1) is 11.8 Å². The summed E-state index contributed by atoms with van der Waals surface area (Å²) in [4.78, 5) is 0. The van der Waals surface area contributed by atoms with Crippen LogP contribution in [-0.2, 0) is 5.75 Å². The van der Waals surface area contributed by atoms with Crippen LogP contribution in [0.5, 0.6) is 0 Å². The first-order valence-corrected chi connectivity index (χ1v) is 7.51. The van der Waals surface area contributed by atoms with Crippen LogP contribution in [0.15, 0.2) is 52.7 Å². The number of nitriles is 1. The molecule has 2 N–H and O–H groups in total. The van der Waals surface area contributed by atoms with Crippen molar-refractivity contribution in [3.8, 4) is 6.07 Å². The summed E-state index contributed by atoms with van der Waals surface area (Å²) in [6.45, 7) is 0. The van der Waals surface area contributed by atoms with E-state index in [1.807, 2.05) is 30.3 Å². The topological polar surface area (TPSA) is 74.5 Å². The first-order valence-electron chi connectivity index (χ1n) is 6.53. The van der Waals surface area contributed by atoms with Crippen LogP contribution in [0.25, 0.3) is 0 Å². The van der Waals surface area contributed by atoms with Crippen molar-refractivity contribution in [3.05, 3.63) is 70.8 Å². The maximum atomic E-state index is 13.6. The van der Waals surface area contributed by atoms with E-state index in [1.165, 1.54) is 23.9 Å². The van der Waals surface area contributed by atoms with E-state index in [4.69, 9.17) is 11.0 Å². The number of benzene rings is 2. The molecule has 0 radical (unpaired) electrons. The highest BCUT2D eigenvalue weighted by Gasteiger charge is 2.11. The van der Waals surface area contributed by atoms with Crippen LogP contribution in [0, 0.1) is 23.0 Å². The van der Waals surface area contributed by atoms with Crippen LogP contribution < -0.4 is 5.73 Å². The largest absolute Gasteiger partial charge is 0.377 e. The molecule has 0 spiro atoms. The second kappa shape index (κ2) is 8.06. The summed E-state index contributed by atoms with van der Waals surface area (Å²) < 4.78 is 27.1. The van der Waals surface area contributed by atoms with Crippen molar-refractivity contribution < 1.29 is 8.78 Å². The lowest BCUT2D eigenvalue weighted by molar-refractivity contribution is 0.505. The molecule has 2 rings (SSSR count). The Morgan fingerprint density at radius 1 is 1.17 bits per heavy atom. The summed E-state index contributed by atoms with van der Waals surface area (Å²) in [6.07, 6.45) is 1.05. The van der Waals surface area contributed by atoms with Gasteiger partial charge in [0.2, 0.25) is 0 Å². The molecule has 0 aliphatic heterocycles. The second-order valence-electron chi connectivity index (χ2n) is 4.40. The molecule has 0 aliphatic rings. The van der Waals surface area contributed by atoms with E-state index in [0.29, 0.717) is 5.75 Å². The average molecular weight is 330 g/mol. The first-order chi connectivity index (χ1) is 11.1. The highest BCUT2D eigenvalue weighted by Crippen LogP contribution is 2.15. The number of nitrogens with two attached hydrogens (primary N) is 1. The molecule has 0 aliphatic carbocycles. The van der Waals surface area contributed by atoms with Crippen molar-refractivity contribution in [3.63, 3.8) is 0 Å². The third-order valence-electron chi connectivity index (χ3n) is 2.82. The van der Waals surface area contributed by atoms with Crippen LogP contribution in [0.4, 0.5) is 8.78 Å². The smallest absolute Gasteiger partial charge is 0.180 e. The lowest BCUT2D eigenvalue weighted by Crippen LogP contribution is -2.06. The van der Waals surface area contributed by atoms with Crippen molar-refractivity contribution in [2.24, 2.45) is 15.9 Å². The quantitative estimate of drug-likeness (QED) is 0.530. The Hall–Kier alpha value is -2.72. The van der Waals surface area contributed by atoms with Crippen molar-refractivity contribution in [1.82, 2.24) is 0 Å². The zero-order chi connectivity index (χ0) is 16.7. The van der Waals surface area contributed by atoms with Crippen LogP contribution in [0.3, 0.4) is 0 Å². The van der Waals surface area contributed by atoms with Gasteiger partial charge in [-0.3, -0.25) is 0 Å². The molecule has 0 atom stereocenters. The lowest BCUT2D eigenvalue weighted by atomic mass is 10.1. The second-order valence-corrected chi connectivity index (χ2v) is 5.39. The minimum absolute atomic E-state index is 0.105. The Labute approximate surface area is 136 Å². The molecule has 116 valence electrons. The molecule has 0 saturated carbocycles. The fraction of sp³-hybridized carbons (Fsp3) is 0.0625. The summed E-state index contributed by atoms with van der Waals surface area (Å²) in [5.74, 6) is -1.71. The van der Waals surface area contributed by atoms with Gasteiger partial charge in [0.1, 0.15) is 6.07 Å². The molecular formula is C16H12F2N4S. The van der Waals surface area contributed by atoms with Gasteiger partial charge in [-0.05, 0) is 17.7 Å². The third-order valence-corrected chi connectivity index (χ3v) is 3.67. The highest BCUT2D eigenvalue weighted by atomic mass is 32.2. The van der Waals surface area contributed by atoms with Crippen LogP contribution in [0.1, 0.15) is 16.7 Å². The molecular weight excluding hydrogens is 318 g/mol. The summed E-state index contributed by atoms with van der Waals surface area (Å²) in [5.41, 5.74) is 6.31. The van der Waals surface area contributed by atoms with Crippen LogP contribution >= 0.6 is 11.8 Å². The maximum absolute atomic E-state index is 13.6. The normalized spacial score (nSPS) is 11.6. The van der Waals surface area contributed by atoms with Gasteiger partial charge in [0.25, 0.3) is 0 Å². The molecule has 0 aromatic heterocycles. The molecule has 0 amide bonds. The number of hydrogen-bond donors (Lipinski definition) is 1. The molecule has 0 heterocycles. The van der Waals surface area contributed by atoms with E-state index in [9.17, 15) is 8.78 Å². The first kappa shape index (κ1) is 16.6. The zero-order valence-corrected chi connectivity index (χ0v) is 12.7. The summed E-state index contributed by atoms with van der Waals surface area (Å²) >= 11 is 1.28. The van der Waals surface area contributed by atoms with Gasteiger partial charge >= 0.3 is 0 Å². The van der Waals surface area contributed by atoms with Crippen LogP contribution in [-0.4, -0.2) is 11.4 Å². The fourth-order valence-corrected chi connectivity index (χ4v) is 2.27. The van der Waals surface area contributed by atoms with E-state index >= 15 is 0 Å². The molecule has 23 heavy (non-hydrogen) atoms. The van der Waals surface area contributed by atoms with Gasteiger partial charge in [0, 0.05) is 11.3 Å². The molecule has 4 nitrogen and oxygen atoms in total. The van der Waals surface area contributed by atoms with E-state index in [1.54, 1.807) is 6.07 Å². The van der Waals surface area contributed by atoms with E-state index < -0.39 is 11.6 Å².